The topological polar surface area (TPSA) is 14.2 Å². The zero-order valence-corrected chi connectivity index (χ0v) is 13.0. The summed E-state index contributed by atoms with van der Waals surface area (Å²) in [6.07, 6.45) is 0. The minimum Gasteiger partial charge on any atom is -0.487 e. The van der Waals surface area contributed by atoms with Crippen molar-refractivity contribution in [3.05, 3.63) is 64.8 Å². The van der Waals surface area contributed by atoms with Gasteiger partial charge in [0.1, 0.15) is 12.4 Å². The molecule has 1 aromatic heterocycles. The van der Waals surface area contributed by atoms with Crippen LogP contribution in [0.25, 0.3) is 10.9 Å². The summed E-state index contributed by atoms with van der Waals surface area (Å²) in [5.41, 5.74) is 3.71. The molecule has 0 spiro atoms. The highest BCUT2D eigenvalue weighted by atomic mass is 35.5. The van der Waals surface area contributed by atoms with E-state index in [4.69, 9.17) is 16.3 Å². The molecule has 0 aliphatic rings. The van der Waals surface area contributed by atoms with Crippen molar-refractivity contribution in [2.75, 3.05) is 0 Å². The van der Waals surface area contributed by atoms with E-state index in [1.54, 1.807) is 0 Å². The molecule has 0 aliphatic heterocycles. The SMILES string of the molecule is CCn1c(COc2cccc(Cl)c2)cc2cc(C)ccc21. The van der Waals surface area contributed by atoms with E-state index in [1.807, 2.05) is 24.3 Å². The summed E-state index contributed by atoms with van der Waals surface area (Å²) in [5, 5.41) is 1.96. The van der Waals surface area contributed by atoms with Crippen LogP contribution in [0.15, 0.2) is 48.5 Å². The van der Waals surface area contributed by atoms with Crippen molar-refractivity contribution in [3.8, 4) is 5.75 Å². The van der Waals surface area contributed by atoms with Crippen molar-refractivity contribution < 1.29 is 4.74 Å². The number of ether oxygens (including phenoxy) is 1. The molecular weight excluding hydrogens is 282 g/mol. The van der Waals surface area contributed by atoms with Crippen LogP contribution in [0.5, 0.6) is 5.75 Å². The van der Waals surface area contributed by atoms with E-state index in [1.165, 1.54) is 22.2 Å². The fraction of sp³-hybridized carbons (Fsp3) is 0.222. The maximum atomic E-state index is 5.98. The Bertz CT molecular complexity index is 776. The third-order valence-corrected chi connectivity index (χ3v) is 3.88. The average molecular weight is 300 g/mol. The van der Waals surface area contributed by atoms with Crippen LogP contribution in [-0.2, 0) is 13.2 Å². The van der Waals surface area contributed by atoms with Gasteiger partial charge in [-0.2, -0.15) is 0 Å². The highest BCUT2D eigenvalue weighted by Crippen LogP contribution is 2.23. The van der Waals surface area contributed by atoms with Crippen molar-refractivity contribution in [1.82, 2.24) is 4.57 Å². The molecule has 2 aromatic carbocycles. The number of aromatic nitrogens is 1. The van der Waals surface area contributed by atoms with Crippen LogP contribution < -0.4 is 4.74 Å². The number of hydrogen-bond acceptors (Lipinski definition) is 1. The van der Waals surface area contributed by atoms with E-state index in [9.17, 15) is 0 Å². The lowest BCUT2D eigenvalue weighted by Crippen LogP contribution is -2.04. The van der Waals surface area contributed by atoms with Crippen LogP contribution in [0.1, 0.15) is 18.2 Å². The number of aryl methyl sites for hydroxylation is 2. The van der Waals surface area contributed by atoms with E-state index >= 15 is 0 Å². The first-order valence-corrected chi connectivity index (χ1v) is 7.52. The van der Waals surface area contributed by atoms with Crippen LogP contribution in [0.3, 0.4) is 0 Å². The summed E-state index contributed by atoms with van der Waals surface area (Å²) >= 11 is 5.98. The van der Waals surface area contributed by atoms with Crippen molar-refractivity contribution in [1.29, 1.82) is 0 Å². The van der Waals surface area contributed by atoms with Gasteiger partial charge < -0.3 is 9.30 Å². The van der Waals surface area contributed by atoms with Gasteiger partial charge in [-0.25, -0.2) is 0 Å². The molecule has 0 fully saturated rings. The summed E-state index contributed by atoms with van der Waals surface area (Å²) in [7, 11) is 0. The molecule has 0 atom stereocenters. The molecule has 3 rings (SSSR count). The lowest BCUT2D eigenvalue weighted by molar-refractivity contribution is 0.296. The van der Waals surface area contributed by atoms with Crippen molar-refractivity contribution >= 4 is 22.5 Å². The molecule has 108 valence electrons. The zero-order valence-electron chi connectivity index (χ0n) is 12.3. The molecular formula is C18H18ClNO. The largest absolute Gasteiger partial charge is 0.487 e. The Kier molecular flexibility index (Phi) is 3.89. The molecule has 0 N–H and O–H groups in total. The highest BCUT2D eigenvalue weighted by Gasteiger charge is 2.08. The standard InChI is InChI=1S/C18H18ClNO/c1-3-20-16(10-14-9-13(2)7-8-18(14)20)12-21-17-6-4-5-15(19)11-17/h4-11H,3,12H2,1-2H3. The number of halogens is 1. The van der Waals surface area contributed by atoms with Crippen LogP contribution in [-0.4, -0.2) is 4.57 Å². The fourth-order valence-corrected chi connectivity index (χ4v) is 2.83. The molecule has 0 amide bonds. The molecule has 0 unspecified atom stereocenters. The Balaban J connectivity index is 1.89. The van der Waals surface area contributed by atoms with Gasteiger partial charge in [0, 0.05) is 22.5 Å². The normalized spacial score (nSPS) is 11.0. The summed E-state index contributed by atoms with van der Waals surface area (Å²) in [5.74, 6) is 0.798. The minimum absolute atomic E-state index is 0.544. The second-order valence-corrected chi connectivity index (χ2v) is 5.62. The van der Waals surface area contributed by atoms with Crippen LogP contribution in [0.2, 0.25) is 5.02 Å². The minimum atomic E-state index is 0.544. The van der Waals surface area contributed by atoms with Gasteiger partial charge in [0.2, 0.25) is 0 Å². The molecule has 21 heavy (non-hydrogen) atoms. The van der Waals surface area contributed by atoms with Gasteiger partial charge in [-0.3, -0.25) is 0 Å². The van der Waals surface area contributed by atoms with E-state index in [-0.39, 0.29) is 0 Å². The Labute approximate surface area is 129 Å². The molecule has 0 aliphatic carbocycles. The van der Waals surface area contributed by atoms with Gasteiger partial charge in [-0.1, -0.05) is 29.3 Å². The van der Waals surface area contributed by atoms with Gasteiger partial charge in [0.05, 0.1) is 5.69 Å². The lowest BCUT2D eigenvalue weighted by Gasteiger charge is -2.10. The first-order valence-electron chi connectivity index (χ1n) is 7.14. The molecule has 0 radical (unpaired) electrons. The molecule has 3 aromatic rings. The van der Waals surface area contributed by atoms with Crippen LogP contribution in [0.4, 0.5) is 0 Å². The Morgan fingerprint density at radius 3 is 2.71 bits per heavy atom. The summed E-state index contributed by atoms with van der Waals surface area (Å²) < 4.78 is 8.16. The summed E-state index contributed by atoms with van der Waals surface area (Å²) in [4.78, 5) is 0. The predicted molar refractivity (Wildman–Crippen MR) is 88.1 cm³/mol. The number of benzene rings is 2. The molecule has 3 heteroatoms. The smallest absolute Gasteiger partial charge is 0.128 e. The predicted octanol–water partition coefficient (Wildman–Crippen LogP) is 5.20. The quantitative estimate of drug-likeness (QED) is 0.645. The Hall–Kier alpha value is -1.93. The molecule has 1 heterocycles. The molecule has 0 bridgehead atoms. The summed E-state index contributed by atoms with van der Waals surface area (Å²) in [6.45, 7) is 5.75. The number of fused-ring (bicyclic) bond motifs is 1. The van der Waals surface area contributed by atoms with Crippen molar-refractivity contribution in [2.24, 2.45) is 0 Å². The Morgan fingerprint density at radius 2 is 1.95 bits per heavy atom. The number of rotatable bonds is 4. The maximum Gasteiger partial charge on any atom is 0.128 e. The highest BCUT2D eigenvalue weighted by molar-refractivity contribution is 6.30. The third kappa shape index (κ3) is 2.91. The molecule has 0 saturated heterocycles. The number of hydrogen-bond donors (Lipinski definition) is 0. The van der Waals surface area contributed by atoms with Gasteiger partial charge in [-0.05, 0) is 50.2 Å². The van der Waals surface area contributed by atoms with Gasteiger partial charge >= 0.3 is 0 Å². The maximum absolute atomic E-state index is 5.98. The zero-order chi connectivity index (χ0) is 14.8. The van der Waals surface area contributed by atoms with E-state index < -0.39 is 0 Å². The van der Waals surface area contributed by atoms with E-state index in [2.05, 4.69) is 42.7 Å². The second-order valence-electron chi connectivity index (χ2n) is 5.19. The van der Waals surface area contributed by atoms with Crippen molar-refractivity contribution in [3.63, 3.8) is 0 Å². The fourth-order valence-electron chi connectivity index (χ4n) is 2.65. The van der Waals surface area contributed by atoms with Gasteiger partial charge in [-0.15, -0.1) is 0 Å². The average Bonchev–Trinajstić information content (AvgIpc) is 2.81. The first-order chi connectivity index (χ1) is 10.2. The second kappa shape index (κ2) is 5.82. The molecule has 0 saturated carbocycles. The lowest BCUT2D eigenvalue weighted by atomic mass is 10.2. The van der Waals surface area contributed by atoms with E-state index in [0.29, 0.717) is 11.6 Å². The first kappa shape index (κ1) is 14.0. The van der Waals surface area contributed by atoms with Crippen molar-refractivity contribution in [2.45, 2.75) is 27.0 Å². The monoisotopic (exact) mass is 299 g/mol. The molecule has 2 nitrogen and oxygen atoms in total. The third-order valence-electron chi connectivity index (χ3n) is 3.64. The van der Waals surface area contributed by atoms with Gasteiger partial charge in [0.15, 0.2) is 0 Å². The van der Waals surface area contributed by atoms with Crippen LogP contribution >= 0.6 is 11.6 Å². The summed E-state index contributed by atoms with van der Waals surface area (Å²) in [6, 6.07) is 16.3. The Morgan fingerprint density at radius 1 is 1.10 bits per heavy atom. The van der Waals surface area contributed by atoms with E-state index in [0.717, 1.165) is 12.3 Å². The van der Waals surface area contributed by atoms with Crippen LogP contribution in [0, 0.1) is 6.92 Å². The van der Waals surface area contributed by atoms with Gasteiger partial charge in [0.25, 0.3) is 0 Å². The number of nitrogens with zero attached hydrogens (tertiary/aromatic N) is 1.